The number of anilines is 1. The third kappa shape index (κ3) is 6.05. The summed E-state index contributed by atoms with van der Waals surface area (Å²) in [5, 5.41) is 9.03. The van der Waals surface area contributed by atoms with Crippen molar-refractivity contribution in [2.24, 2.45) is 0 Å². The molecule has 0 unspecified atom stereocenters. The number of sulfonamides is 1. The average Bonchev–Trinajstić information content (AvgIpc) is 2.85. The summed E-state index contributed by atoms with van der Waals surface area (Å²) in [4.78, 5) is 16.9. The molecule has 1 saturated heterocycles. The molecule has 0 radical (unpaired) electrons. The molecule has 0 N–H and O–H groups in total. The van der Waals surface area contributed by atoms with Gasteiger partial charge in [0, 0.05) is 32.7 Å². The fourth-order valence-corrected chi connectivity index (χ4v) is 5.24. The van der Waals surface area contributed by atoms with Crippen molar-refractivity contribution in [1.82, 2.24) is 9.21 Å². The molecule has 1 amide bonds. The largest absolute Gasteiger partial charge is 0.495 e. The maximum absolute atomic E-state index is 13.1. The Hall–Kier alpha value is -3.13. The van der Waals surface area contributed by atoms with Crippen LogP contribution < -0.4 is 14.4 Å². The van der Waals surface area contributed by atoms with E-state index in [1.807, 2.05) is 24.0 Å². The minimum atomic E-state index is -3.62. The number of piperazine rings is 1. The van der Waals surface area contributed by atoms with Gasteiger partial charge >= 0.3 is 0 Å². The van der Waals surface area contributed by atoms with E-state index in [9.17, 15) is 13.2 Å². The second-order valence-corrected chi connectivity index (χ2v) is 9.65. The van der Waals surface area contributed by atoms with Gasteiger partial charge in [-0.05, 0) is 43.3 Å². The Labute approximate surface area is 201 Å². The maximum atomic E-state index is 13.1. The molecule has 0 aromatic heterocycles. The average molecular weight is 487 g/mol. The number of methoxy groups -OCH3 is 1. The number of nitrogens with zero attached hydrogens (tertiary/aromatic N) is 4. The lowest BCUT2D eigenvalue weighted by molar-refractivity contribution is -0.120. The summed E-state index contributed by atoms with van der Waals surface area (Å²) in [5.74, 6) is 1.02. The standard InChI is InChI=1S/C24H30N4O5S/c1-3-33-20-9-11-21(12-10-20)34(30,31)27-17-15-26(16-18-27)19-24(29)28(14-6-13-25)22-7-4-5-8-23(22)32-2/h4-5,7-12H,3,6,14-19H2,1-2H3. The van der Waals surface area contributed by atoms with E-state index in [1.54, 1.807) is 41.3 Å². The van der Waals surface area contributed by atoms with Crippen molar-refractivity contribution in [3.63, 3.8) is 0 Å². The molecule has 182 valence electrons. The SMILES string of the molecule is CCOc1ccc(S(=O)(=O)N2CCN(CC(=O)N(CCC#N)c3ccccc3OC)CC2)cc1. The molecule has 0 atom stereocenters. The lowest BCUT2D eigenvalue weighted by Crippen LogP contribution is -2.51. The molecular weight excluding hydrogens is 456 g/mol. The highest BCUT2D eigenvalue weighted by Gasteiger charge is 2.30. The molecule has 0 spiro atoms. The fraction of sp³-hybridized carbons (Fsp3) is 0.417. The van der Waals surface area contributed by atoms with Gasteiger partial charge in [0.05, 0.1) is 43.3 Å². The molecule has 1 aliphatic rings. The first-order valence-corrected chi connectivity index (χ1v) is 12.6. The van der Waals surface area contributed by atoms with Crippen LogP contribution in [-0.4, -0.2) is 76.5 Å². The van der Waals surface area contributed by atoms with Crippen molar-refractivity contribution >= 4 is 21.6 Å². The molecule has 34 heavy (non-hydrogen) atoms. The zero-order valence-corrected chi connectivity index (χ0v) is 20.3. The number of rotatable bonds is 10. The van der Waals surface area contributed by atoms with Crippen molar-refractivity contribution in [3.05, 3.63) is 48.5 Å². The van der Waals surface area contributed by atoms with Gasteiger partial charge in [0.1, 0.15) is 11.5 Å². The van der Waals surface area contributed by atoms with Crippen LogP contribution in [0.2, 0.25) is 0 Å². The van der Waals surface area contributed by atoms with Crippen molar-refractivity contribution in [1.29, 1.82) is 5.26 Å². The lowest BCUT2D eigenvalue weighted by Gasteiger charge is -2.34. The molecule has 1 aliphatic heterocycles. The number of benzene rings is 2. The van der Waals surface area contributed by atoms with Crippen LogP contribution in [0.5, 0.6) is 11.5 Å². The molecule has 0 bridgehead atoms. The van der Waals surface area contributed by atoms with E-state index in [0.717, 1.165) is 0 Å². The molecule has 1 heterocycles. The third-order valence-electron chi connectivity index (χ3n) is 5.59. The van der Waals surface area contributed by atoms with Gasteiger partial charge in [-0.2, -0.15) is 9.57 Å². The molecular formula is C24H30N4O5S. The Morgan fingerprint density at radius 1 is 1.09 bits per heavy atom. The van der Waals surface area contributed by atoms with E-state index in [-0.39, 0.29) is 43.4 Å². The number of hydrogen-bond donors (Lipinski definition) is 0. The number of nitriles is 1. The summed E-state index contributed by atoms with van der Waals surface area (Å²) in [6, 6.07) is 15.7. The van der Waals surface area contributed by atoms with Gasteiger partial charge in [-0.15, -0.1) is 0 Å². The van der Waals surface area contributed by atoms with Crippen molar-refractivity contribution in [3.8, 4) is 17.6 Å². The van der Waals surface area contributed by atoms with Gasteiger partial charge in [0.15, 0.2) is 0 Å². The monoisotopic (exact) mass is 486 g/mol. The summed E-state index contributed by atoms with van der Waals surface area (Å²) >= 11 is 0. The number of ether oxygens (including phenoxy) is 2. The molecule has 9 nitrogen and oxygen atoms in total. The van der Waals surface area contributed by atoms with Crippen LogP contribution in [0.3, 0.4) is 0 Å². The molecule has 10 heteroatoms. The number of amides is 1. The van der Waals surface area contributed by atoms with Crippen molar-refractivity contribution in [2.75, 3.05) is 57.9 Å². The number of hydrogen-bond acceptors (Lipinski definition) is 7. The Morgan fingerprint density at radius 3 is 2.38 bits per heavy atom. The molecule has 2 aromatic carbocycles. The predicted molar refractivity (Wildman–Crippen MR) is 128 cm³/mol. The molecule has 1 fully saturated rings. The highest BCUT2D eigenvalue weighted by molar-refractivity contribution is 7.89. The Morgan fingerprint density at radius 2 is 1.76 bits per heavy atom. The highest BCUT2D eigenvalue weighted by Crippen LogP contribution is 2.28. The minimum Gasteiger partial charge on any atom is -0.495 e. The van der Waals surface area contributed by atoms with Gasteiger partial charge in [-0.3, -0.25) is 9.69 Å². The zero-order valence-electron chi connectivity index (χ0n) is 19.5. The number of carbonyl (C=O) groups excluding carboxylic acids is 1. The van der Waals surface area contributed by atoms with Crippen LogP contribution in [-0.2, 0) is 14.8 Å². The Balaban J connectivity index is 1.63. The fourth-order valence-electron chi connectivity index (χ4n) is 3.82. The lowest BCUT2D eigenvalue weighted by atomic mass is 10.2. The quantitative estimate of drug-likeness (QED) is 0.508. The zero-order chi connectivity index (χ0) is 24.6. The predicted octanol–water partition coefficient (Wildman–Crippen LogP) is 2.35. The molecule has 0 saturated carbocycles. The van der Waals surface area contributed by atoms with E-state index < -0.39 is 10.0 Å². The minimum absolute atomic E-state index is 0.125. The summed E-state index contributed by atoms with van der Waals surface area (Å²) in [6.07, 6.45) is 0.192. The van der Waals surface area contributed by atoms with E-state index in [1.165, 1.54) is 11.4 Å². The van der Waals surface area contributed by atoms with Gasteiger partial charge in [0.2, 0.25) is 15.9 Å². The van der Waals surface area contributed by atoms with Crippen LogP contribution in [0.25, 0.3) is 0 Å². The Kier molecular flexibility index (Phi) is 8.87. The van der Waals surface area contributed by atoms with E-state index in [0.29, 0.717) is 36.9 Å². The highest BCUT2D eigenvalue weighted by atomic mass is 32.2. The van der Waals surface area contributed by atoms with Crippen LogP contribution in [0.4, 0.5) is 5.69 Å². The topological polar surface area (TPSA) is 103 Å². The van der Waals surface area contributed by atoms with E-state index in [2.05, 4.69) is 6.07 Å². The van der Waals surface area contributed by atoms with Gasteiger partial charge in [-0.1, -0.05) is 12.1 Å². The smallest absolute Gasteiger partial charge is 0.243 e. The maximum Gasteiger partial charge on any atom is 0.243 e. The summed E-state index contributed by atoms with van der Waals surface area (Å²) in [6.45, 7) is 4.19. The first-order valence-electron chi connectivity index (χ1n) is 11.2. The van der Waals surface area contributed by atoms with Crippen LogP contribution in [0, 0.1) is 11.3 Å². The van der Waals surface area contributed by atoms with Crippen molar-refractivity contribution < 1.29 is 22.7 Å². The normalized spacial score (nSPS) is 14.9. The third-order valence-corrected chi connectivity index (χ3v) is 7.50. The first-order chi connectivity index (χ1) is 16.4. The number of para-hydroxylation sites is 2. The first kappa shape index (κ1) is 25.5. The summed E-state index contributed by atoms with van der Waals surface area (Å²) < 4.78 is 38.2. The summed E-state index contributed by atoms with van der Waals surface area (Å²) in [7, 11) is -2.09. The van der Waals surface area contributed by atoms with Crippen LogP contribution in [0.15, 0.2) is 53.4 Å². The van der Waals surface area contributed by atoms with E-state index >= 15 is 0 Å². The van der Waals surface area contributed by atoms with E-state index in [4.69, 9.17) is 14.7 Å². The summed E-state index contributed by atoms with van der Waals surface area (Å²) in [5.41, 5.74) is 0.613. The second-order valence-electron chi connectivity index (χ2n) is 7.71. The molecule has 3 rings (SSSR count). The molecule has 2 aromatic rings. The van der Waals surface area contributed by atoms with Crippen molar-refractivity contribution in [2.45, 2.75) is 18.2 Å². The van der Waals surface area contributed by atoms with Crippen LogP contribution in [0.1, 0.15) is 13.3 Å². The van der Waals surface area contributed by atoms with Gasteiger partial charge in [-0.25, -0.2) is 8.42 Å². The van der Waals surface area contributed by atoms with Crippen LogP contribution >= 0.6 is 0 Å². The second kappa shape index (κ2) is 11.8. The number of carbonyl (C=O) groups is 1. The molecule has 0 aliphatic carbocycles. The Bertz CT molecular complexity index is 1110. The van der Waals surface area contributed by atoms with Gasteiger partial charge < -0.3 is 14.4 Å². The van der Waals surface area contributed by atoms with Gasteiger partial charge in [0.25, 0.3) is 0 Å².